The first-order chi connectivity index (χ1) is 7.80. The van der Waals surface area contributed by atoms with Gasteiger partial charge in [-0.3, -0.25) is 9.38 Å². The zero-order valence-electron chi connectivity index (χ0n) is 8.83. The molecule has 3 rings (SSSR count). The third-order valence-corrected chi connectivity index (χ3v) is 3.04. The Balaban J connectivity index is 2.11. The second-order valence-corrected chi connectivity index (χ2v) is 4.10. The molecular weight excluding hydrogens is 206 g/mol. The lowest BCUT2D eigenvalue weighted by Gasteiger charge is -2.31. The molecule has 1 aliphatic heterocycles. The first-order valence-electron chi connectivity index (χ1n) is 5.31. The van der Waals surface area contributed by atoms with E-state index in [2.05, 4.69) is 15.2 Å². The molecule has 2 aromatic rings. The van der Waals surface area contributed by atoms with Crippen molar-refractivity contribution in [1.29, 1.82) is 0 Å². The second-order valence-electron chi connectivity index (χ2n) is 4.10. The molecule has 6 nitrogen and oxygen atoms in total. The summed E-state index contributed by atoms with van der Waals surface area (Å²) in [6, 6.07) is 0. The van der Waals surface area contributed by atoms with Gasteiger partial charge in [-0.2, -0.15) is 0 Å². The van der Waals surface area contributed by atoms with Crippen molar-refractivity contribution < 1.29 is 4.74 Å². The molecule has 2 aromatic heterocycles. The zero-order chi connectivity index (χ0) is 11.0. The molecule has 0 aromatic carbocycles. The van der Waals surface area contributed by atoms with E-state index in [0.717, 1.165) is 24.3 Å². The number of fused-ring (bicyclic) bond motifs is 1. The van der Waals surface area contributed by atoms with E-state index in [4.69, 9.17) is 10.5 Å². The van der Waals surface area contributed by atoms with Gasteiger partial charge in [0.05, 0.1) is 11.7 Å². The molecular formula is C10H13N5O. The fourth-order valence-corrected chi connectivity index (χ4v) is 2.05. The number of nitrogens with two attached hydrogens (primary N) is 1. The lowest BCUT2D eigenvalue weighted by atomic mass is 9.90. The summed E-state index contributed by atoms with van der Waals surface area (Å²) in [6.07, 6.45) is 6.78. The number of hydrogen-bond acceptors (Lipinski definition) is 5. The van der Waals surface area contributed by atoms with Crippen molar-refractivity contribution in [1.82, 2.24) is 19.6 Å². The van der Waals surface area contributed by atoms with Gasteiger partial charge in [0.25, 0.3) is 0 Å². The van der Waals surface area contributed by atoms with Crippen molar-refractivity contribution in [2.45, 2.75) is 18.4 Å². The Kier molecular flexibility index (Phi) is 2.12. The quantitative estimate of drug-likeness (QED) is 0.735. The molecule has 0 amide bonds. The van der Waals surface area contributed by atoms with Crippen LogP contribution < -0.4 is 5.73 Å². The predicted molar refractivity (Wildman–Crippen MR) is 56.7 cm³/mol. The summed E-state index contributed by atoms with van der Waals surface area (Å²) in [4.78, 5) is 4.01. The third-order valence-electron chi connectivity index (χ3n) is 3.04. The van der Waals surface area contributed by atoms with Crippen LogP contribution in [0.15, 0.2) is 18.6 Å². The molecule has 0 radical (unpaired) electrons. The monoisotopic (exact) mass is 219 g/mol. The SMILES string of the molecule is NC1(c2nnc3cnccn23)CCOCC1. The summed E-state index contributed by atoms with van der Waals surface area (Å²) in [5.41, 5.74) is 6.67. The standard InChI is InChI=1S/C10H13N5O/c11-10(1-5-16-6-2-10)9-14-13-8-7-12-3-4-15(8)9/h3-4,7H,1-2,5-6,11H2. The third kappa shape index (κ3) is 1.38. The Morgan fingerprint density at radius 2 is 2.12 bits per heavy atom. The van der Waals surface area contributed by atoms with E-state index in [1.54, 1.807) is 12.4 Å². The van der Waals surface area contributed by atoms with Crippen molar-refractivity contribution in [3.8, 4) is 0 Å². The van der Waals surface area contributed by atoms with Crippen LogP contribution in [0.5, 0.6) is 0 Å². The summed E-state index contributed by atoms with van der Waals surface area (Å²) in [5, 5.41) is 8.25. The average Bonchev–Trinajstić information content (AvgIpc) is 2.74. The molecule has 0 unspecified atom stereocenters. The van der Waals surface area contributed by atoms with Gasteiger partial charge in [0, 0.05) is 25.6 Å². The molecule has 0 saturated carbocycles. The van der Waals surface area contributed by atoms with Gasteiger partial charge in [-0.1, -0.05) is 0 Å². The van der Waals surface area contributed by atoms with Gasteiger partial charge < -0.3 is 10.5 Å². The Morgan fingerprint density at radius 3 is 2.94 bits per heavy atom. The van der Waals surface area contributed by atoms with Gasteiger partial charge in [-0.05, 0) is 12.8 Å². The average molecular weight is 219 g/mol. The van der Waals surface area contributed by atoms with E-state index in [9.17, 15) is 0 Å². The maximum absolute atomic E-state index is 6.37. The molecule has 84 valence electrons. The highest BCUT2D eigenvalue weighted by Gasteiger charge is 2.34. The zero-order valence-corrected chi connectivity index (χ0v) is 8.83. The minimum absolute atomic E-state index is 0.432. The molecule has 0 bridgehead atoms. The summed E-state index contributed by atoms with van der Waals surface area (Å²) >= 11 is 0. The van der Waals surface area contributed by atoms with E-state index < -0.39 is 5.54 Å². The fraction of sp³-hybridized carbons (Fsp3) is 0.500. The van der Waals surface area contributed by atoms with Gasteiger partial charge in [0.1, 0.15) is 0 Å². The van der Waals surface area contributed by atoms with Crippen molar-refractivity contribution in [2.24, 2.45) is 5.73 Å². The number of nitrogens with zero attached hydrogens (tertiary/aromatic N) is 4. The number of hydrogen-bond donors (Lipinski definition) is 1. The maximum atomic E-state index is 6.37. The fourth-order valence-electron chi connectivity index (χ4n) is 2.05. The smallest absolute Gasteiger partial charge is 0.179 e. The van der Waals surface area contributed by atoms with Gasteiger partial charge in [-0.15, -0.1) is 10.2 Å². The van der Waals surface area contributed by atoms with Gasteiger partial charge in [-0.25, -0.2) is 0 Å². The summed E-state index contributed by atoms with van der Waals surface area (Å²) in [7, 11) is 0. The molecule has 3 heterocycles. The van der Waals surface area contributed by atoms with E-state index in [1.807, 2.05) is 10.6 Å². The Morgan fingerprint density at radius 1 is 1.31 bits per heavy atom. The summed E-state index contributed by atoms with van der Waals surface area (Å²) in [6.45, 7) is 1.35. The van der Waals surface area contributed by atoms with E-state index in [0.29, 0.717) is 13.2 Å². The molecule has 1 fully saturated rings. The Hall–Kier alpha value is -1.53. The Labute approximate surface area is 92.4 Å². The number of aromatic nitrogens is 4. The van der Waals surface area contributed by atoms with Crippen molar-refractivity contribution in [3.05, 3.63) is 24.4 Å². The first kappa shape index (κ1) is 9.68. The highest BCUT2D eigenvalue weighted by Crippen LogP contribution is 2.27. The summed E-state index contributed by atoms with van der Waals surface area (Å²) in [5.74, 6) is 0.799. The molecule has 6 heteroatoms. The van der Waals surface area contributed by atoms with Gasteiger partial charge in [0.2, 0.25) is 0 Å². The highest BCUT2D eigenvalue weighted by molar-refractivity contribution is 5.35. The van der Waals surface area contributed by atoms with Crippen molar-refractivity contribution in [2.75, 3.05) is 13.2 Å². The van der Waals surface area contributed by atoms with Crippen LogP contribution >= 0.6 is 0 Å². The molecule has 1 aliphatic rings. The minimum atomic E-state index is -0.432. The van der Waals surface area contributed by atoms with Crippen LogP contribution in [0.3, 0.4) is 0 Å². The van der Waals surface area contributed by atoms with Crippen LogP contribution in [-0.2, 0) is 10.3 Å². The number of rotatable bonds is 1. The largest absolute Gasteiger partial charge is 0.381 e. The van der Waals surface area contributed by atoms with E-state index >= 15 is 0 Å². The van der Waals surface area contributed by atoms with Crippen LogP contribution in [0, 0.1) is 0 Å². The normalized spacial score (nSPS) is 20.1. The van der Waals surface area contributed by atoms with E-state index in [1.165, 1.54) is 0 Å². The van der Waals surface area contributed by atoms with E-state index in [-0.39, 0.29) is 0 Å². The predicted octanol–water partition coefficient (Wildman–Crippen LogP) is 0.0887. The number of ether oxygens (including phenoxy) is 1. The highest BCUT2D eigenvalue weighted by atomic mass is 16.5. The van der Waals surface area contributed by atoms with Gasteiger partial charge >= 0.3 is 0 Å². The molecule has 2 N–H and O–H groups in total. The molecule has 0 spiro atoms. The van der Waals surface area contributed by atoms with Crippen LogP contribution in [0.2, 0.25) is 0 Å². The Bertz CT molecular complexity index is 503. The lowest BCUT2D eigenvalue weighted by molar-refractivity contribution is 0.0488. The van der Waals surface area contributed by atoms with Crippen LogP contribution in [0.4, 0.5) is 0 Å². The first-order valence-corrected chi connectivity index (χ1v) is 5.31. The topological polar surface area (TPSA) is 78.3 Å². The maximum Gasteiger partial charge on any atom is 0.179 e. The molecule has 0 aliphatic carbocycles. The van der Waals surface area contributed by atoms with Crippen molar-refractivity contribution in [3.63, 3.8) is 0 Å². The molecule has 1 saturated heterocycles. The van der Waals surface area contributed by atoms with Crippen LogP contribution in [-0.4, -0.2) is 32.8 Å². The van der Waals surface area contributed by atoms with Gasteiger partial charge in [0.15, 0.2) is 11.5 Å². The molecule has 0 atom stereocenters. The second kappa shape index (κ2) is 3.50. The minimum Gasteiger partial charge on any atom is -0.381 e. The van der Waals surface area contributed by atoms with Crippen LogP contribution in [0.1, 0.15) is 18.7 Å². The summed E-state index contributed by atoms with van der Waals surface area (Å²) < 4.78 is 7.23. The lowest BCUT2D eigenvalue weighted by Crippen LogP contribution is -2.43. The van der Waals surface area contributed by atoms with Crippen molar-refractivity contribution >= 4 is 5.65 Å². The van der Waals surface area contributed by atoms with Crippen LogP contribution in [0.25, 0.3) is 5.65 Å². The molecule has 16 heavy (non-hydrogen) atoms.